The third kappa shape index (κ3) is 2.68. The fourth-order valence-electron chi connectivity index (χ4n) is 2.88. The first-order chi connectivity index (χ1) is 10.1. The number of hydrogen-bond donors (Lipinski definition) is 1. The van der Waals surface area contributed by atoms with Crippen LogP contribution < -0.4 is 10.4 Å². The Kier molecular flexibility index (Phi) is 3.72. The van der Waals surface area contributed by atoms with Gasteiger partial charge in [-0.05, 0) is 30.2 Å². The van der Waals surface area contributed by atoms with E-state index in [9.17, 15) is 4.79 Å². The Morgan fingerprint density at radius 2 is 2.05 bits per heavy atom. The minimum Gasteiger partial charge on any atom is -0.277 e. The van der Waals surface area contributed by atoms with Gasteiger partial charge in [0.1, 0.15) is 0 Å². The van der Waals surface area contributed by atoms with Crippen molar-refractivity contribution in [1.82, 2.24) is 5.43 Å². The van der Waals surface area contributed by atoms with E-state index < -0.39 is 0 Å². The number of fused-ring (bicyclic) bond motifs is 1. The molecule has 0 aliphatic carbocycles. The molecule has 3 nitrogen and oxygen atoms in total. The fourth-order valence-corrected chi connectivity index (χ4v) is 3.43. The Hall–Kier alpha value is -1.81. The van der Waals surface area contributed by atoms with Gasteiger partial charge in [0.05, 0.1) is 11.7 Å². The average molecular weight is 345 g/mol. The molecule has 21 heavy (non-hydrogen) atoms. The van der Waals surface area contributed by atoms with Crippen molar-refractivity contribution in [2.45, 2.75) is 26.3 Å². The molecule has 2 aromatic carbocycles. The minimum absolute atomic E-state index is 0.0551. The number of benzene rings is 2. The lowest BCUT2D eigenvalue weighted by Gasteiger charge is -2.28. The maximum Gasteiger partial charge on any atom is 0.235 e. The van der Waals surface area contributed by atoms with Crippen LogP contribution >= 0.6 is 15.9 Å². The predicted octanol–water partition coefficient (Wildman–Crippen LogP) is 3.91. The number of hydrogen-bond acceptors (Lipinski definition) is 2. The highest BCUT2D eigenvalue weighted by Crippen LogP contribution is 2.41. The van der Waals surface area contributed by atoms with E-state index in [1.54, 1.807) is 6.92 Å². The summed E-state index contributed by atoms with van der Waals surface area (Å²) < 4.78 is 1.06. The van der Waals surface area contributed by atoms with Gasteiger partial charge in [0, 0.05) is 17.8 Å². The van der Waals surface area contributed by atoms with Crippen molar-refractivity contribution in [3.63, 3.8) is 0 Å². The highest BCUT2D eigenvalue weighted by molar-refractivity contribution is 9.10. The van der Waals surface area contributed by atoms with Crippen molar-refractivity contribution < 1.29 is 4.79 Å². The molecule has 0 aromatic heterocycles. The molecule has 1 unspecified atom stereocenters. The number of rotatable bonds is 2. The monoisotopic (exact) mass is 344 g/mol. The lowest BCUT2D eigenvalue weighted by atomic mass is 10.0. The molecular formula is C17H17BrN2O. The van der Waals surface area contributed by atoms with Crippen LogP contribution in [0.15, 0.2) is 46.9 Å². The second-order valence-electron chi connectivity index (χ2n) is 5.41. The van der Waals surface area contributed by atoms with Crippen LogP contribution in [-0.4, -0.2) is 5.91 Å². The van der Waals surface area contributed by atoms with E-state index in [2.05, 4.69) is 52.5 Å². The van der Waals surface area contributed by atoms with Crippen LogP contribution in [0.4, 0.5) is 5.69 Å². The Bertz CT molecular complexity index is 699. The van der Waals surface area contributed by atoms with Gasteiger partial charge in [-0.3, -0.25) is 15.2 Å². The average Bonchev–Trinajstić information content (AvgIpc) is 2.76. The van der Waals surface area contributed by atoms with Gasteiger partial charge in [0.2, 0.25) is 5.91 Å². The first-order valence-electron chi connectivity index (χ1n) is 6.96. The molecule has 1 N–H and O–H groups in total. The number of carbonyl (C=O) groups excluding carboxylic acids is 1. The van der Waals surface area contributed by atoms with Gasteiger partial charge in [-0.1, -0.05) is 51.8 Å². The van der Waals surface area contributed by atoms with Crippen LogP contribution in [0.3, 0.4) is 0 Å². The van der Waals surface area contributed by atoms with E-state index in [0.717, 1.165) is 16.6 Å². The van der Waals surface area contributed by atoms with Crippen LogP contribution in [0.25, 0.3) is 0 Å². The predicted molar refractivity (Wildman–Crippen MR) is 88.1 cm³/mol. The number of anilines is 1. The normalized spacial score (nSPS) is 16.7. The highest BCUT2D eigenvalue weighted by Gasteiger charge is 2.32. The largest absolute Gasteiger partial charge is 0.277 e. The van der Waals surface area contributed by atoms with Gasteiger partial charge in [0.15, 0.2) is 0 Å². The van der Waals surface area contributed by atoms with Gasteiger partial charge >= 0.3 is 0 Å². The van der Waals surface area contributed by atoms with Crippen molar-refractivity contribution in [2.75, 3.05) is 5.01 Å². The number of halogens is 1. The smallest absolute Gasteiger partial charge is 0.235 e. The molecule has 0 bridgehead atoms. The van der Waals surface area contributed by atoms with Crippen LogP contribution in [0.5, 0.6) is 0 Å². The number of aryl methyl sites for hydroxylation is 1. The third-order valence-electron chi connectivity index (χ3n) is 3.76. The zero-order valence-corrected chi connectivity index (χ0v) is 13.6. The molecule has 2 aromatic rings. The number of amides is 1. The molecule has 0 saturated heterocycles. The van der Waals surface area contributed by atoms with E-state index in [4.69, 9.17) is 0 Å². The Morgan fingerprint density at radius 1 is 1.29 bits per heavy atom. The fraction of sp³-hybridized carbons (Fsp3) is 0.235. The number of nitrogens with one attached hydrogen (secondary N) is 1. The molecule has 4 heteroatoms. The van der Waals surface area contributed by atoms with Crippen molar-refractivity contribution in [1.29, 1.82) is 0 Å². The van der Waals surface area contributed by atoms with Crippen molar-refractivity contribution >= 4 is 27.5 Å². The summed E-state index contributed by atoms with van der Waals surface area (Å²) in [5, 5.41) is 1.98. The van der Waals surface area contributed by atoms with Crippen LogP contribution in [0.2, 0.25) is 0 Å². The van der Waals surface area contributed by atoms with Gasteiger partial charge < -0.3 is 0 Å². The van der Waals surface area contributed by atoms with Crippen LogP contribution in [0, 0.1) is 6.92 Å². The van der Waals surface area contributed by atoms with E-state index >= 15 is 0 Å². The summed E-state index contributed by atoms with van der Waals surface area (Å²) in [6.07, 6.45) is 0.889. The summed E-state index contributed by atoms with van der Waals surface area (Å²) in [6, 6.07) is 14.6. The summed E-state index contributed by atoms with van der Waals surface area (Å²) in [5.74, 6) is -0.0551. The zero-order chi connectivity index (χ0) is 15.0. The maximum atomic E-state index is 11.6. The molecule has 1 heterocycles. The Morgan fingerprint density at radius 3 is 2.76 bits per heavy atom. The molecule has 1 aliphatic rings. The Balaban J connectivity index is 2.05. The second kappa shape index (κ2) is 5.53. The highest BCUT2D eigenvalue weighted by atomic mass is 79.9. The minimum atomic E-state index is -0.0551. The zero-order valence-electron chi connectivity index (χ0n) is 12.1. The molecule has 3 rings (SSSR count). The van der Waals surface area contributed by atoms with Crippen molar-refractivity contribution in [3.05, 3.63) is 63.6 Å². The molecule has 0 spiro atoms. The molecule has 0 saturated carbocycles. The van der Waals surface area contributed by atoms with Gasteiger partial charge in [0.25, 0.3) is 0 Å². The van der Waals surface area contributed by atoms with E-state index in [0.29, 0.717) is 0 Å². The molecule has 108 valence electrons. The molecule has 1 atom stereocenters. The van der Waals surface area contributed by atoms with E-state index in [1.165, 1.54) is 16.7 Å². The topological polar surface area (TPSA) is 32.3 Å². The van der Waals surface area contributed by atoms with Crippen molar-refractivity contribution in [2.24, 2.45) is 0 Å². The van der Waals surface area contributed by atoms with E-state index in [-0.39, 0.29) is 11.9 Å². The standard InChI is InChI=1S/C17H17BrN2O/c1-11-7-8-16-13(9-11)10-17(20(16)19-12(2)21)14-5-3-4-6-15(14)18/h3-9,17H,10H2,1-2H3,(H,19,21). The van der Waals surface area contributed by atoms with Gasteiger partial charge in [-0.2, -0.15) is 0 Å². The first-order valence-corrected chi connectivity index (χ1v) is 7.76. The molecule has 0 radical (unpaired) electrons. The molecule has 1 amide bonds. The first kappa shape index (κ1) is 14.1. The van der Waals surface area contributed by atoms with E-state index in [1.807, 2.05) is 23.2 Å². The third-order valence-corrected chi connectivity index (χ3v) is 4.48. The summed E-state index contributed by atoms with van der Waals surface area (Å²) in [4.78, 5) is 11.6. The van der Waals surface area contributed by atoms with Crippen molar-refractivity contribution in [3.8, 4) is 0 Å². The number of carbonyl (C=O) groups is 1. The lowest BCUT2D eigenvalue weighted by Crippen LogP contribution is -2.41. The van der Waals surface area contributed by atoms with Gasteiger partial charge in [-0.25, -0.2) is 0 Å². The molecule has 1 aliphatic heterocycles. The van der Waals surface area contributed by atoms with Crippen LogP contribution in [0.1, 0.15) is 29.7 Å². The number of nitrogens with zero attached hydrogens (tertiary/aromatic N) is 1. The maximum absolute atomic E-state index is 11.6. The summed E-state index contributed by atoms with van der Waals surface area (Å²) >= 11 is 3.62. The summed E-state index contributed by atoms with van der Waals surface area (Å²) in [5.41, 5.74) is 7.74. The molecular weight excluding hydrogens is 328 g/mol. The SMILES string of the molecule is CC(=O)NN1c2ccc(C)cc2CC1c1ccccc1Br. The second-order valence-corrected chi connectivity index (χ2v) is 6.27. The quantitative estimate of drug-likeness (QED) is 0.895. The Labute approximate surface area is 133 Å². The summed E-state index contributed by atoms with van der Waals surface area (Å²) in [7, 11) is 0. The summed E-state index contributed by atoms with van der Waals surface area (Å²) in [6.45, 7) is 3.64. The molecule has 0 fully saturated rings. The van der Waals surface area contributed by atoms with Gasteiger partial charge in [-0.15, -0.1) is 0 Å². The lowest BCUT2D eigenvalue weighted by molar-refractivity contribution is -0.119. The number of hydrazine groups is 1. The van der Waals surface area contributed by atoms with Crippen LogP contribution in [-0.2, 0) is 11.2 Å².